The molecule has 0 fully saturated rings. The van der Waals surface area contributed by atoms with E-state index in [1.165, 1.54) is 6.07 Å². The molecule has 1 aromatic rings. The summed E-state index contributed by atoms with van der Waals surface area (Å²) in [5.41, 5.74) is -1.67. The largest absolute Gasteiger partial charge is 0.390 e. The first-order valence-corrected chi connectivity index (χ1v) is 3.58. The van der Waals surface area contributed by atoms with Gasteiger partial charge in [0.25, 0.3) is 6.43 Å². The molecule has 0 aliphatic carbocycles. The van der Waals surface area contributed by atoms with Crippen LogP contribution in [0.25, 0.3) is 0 Å². The molecule has 0 saturated heterocycles. The van der Waals surface area contributed by atoms with Crippen molar-refractivity contribution in [1.29, 1.82) is 5.26 Å². The Labute approximate surface area is 77.4 Å². The normalized spacial score (nSPS) is 10.3. The Bertz CT molecular complexity index is 387. The van der Waals surface area contributed by atoms with Crippen molar-refractivity contribution in [3.63, 3.8) is 0 Å². The minimum Gasteiger partial charge on any atom is -0.390 e. The summed E-state index contributed by atoms with van der Waals surface area (Å²) in [7, 11) is 0. The molecule has 0 unspecified atom stereocenters. The van der Waals surface area contributed by atoms with Crippen LogP contribution in [0.4, 0.5) is 13.2 Å². The van der Waals surface area contributed by atoms with Gasteiger partial charge in [0.2, 0.25) is 0 Å². The zero-order valence-corrected chi connectivity index (χ0v) is 6.84. The molecular formula is C8H5F3N2O. The number of pyridine rings is 1. The standard InChI is InChI=1S/C8H5F3N2O/c9-5-1-4(8(10)11)7(3-14)13-6(5)2-12/h1,8,14H,3H2. The zero-order chi connectivity index (χ0) is 10.7. The predicted octanol–water partition coefficient (Wildman–Crippen LogP) is 1.52. The molecular weight excluding hydrogens is 197 g/mol. The van der Waals surface area contributed by atoms with E-state index in [1.54, 1.807) is 0 Å². The Kier molecular flexibility index (Phi) is 3.04. The van der Waals surface area contributed by atoms with Crippen molar-refractivity contribution in [3.05, 3.63) is 28.8 Å². The SMILES string of the molecule is N#Cc1nc(CO)c(C(F)F)cc1F. The fourth-order valence-corrected chi connectivity index (χ4v) is 0.935. The average molecular weight is 202 g/mol. The van der Waals surface area contributed by atoms with E-state index < -0.39 is 30.1 Å². The molecule has 0 saturated carbocycles. The van der Waals surface area contributed by atoms with Gasteiger partial charge < -0.3 is 5.11 Å². The molecule has 0 atom stereocenters. The van der Waals surface area contributed by atoms with Gasteiger partial charge in [-0.05, 0) is 6.07 Å². The van der Waals surface area contributed by atoms with Gasteiger partial charge in [0.05, 0.1) is 12.3 Å². The Morgan fingerprint density at radius 3 is 2.64 bits per heavy atom. The molecule has 6 heteroatoms. The van der Waals surface area contributed by atoms with E-state index in [0.717, 1.165) is 0 Å². The summed E-state index contributed by atoms with van der Waals surface area (Å²) < 4.78 is 37.3. The van der Waals surface area contributed by atoms with E-state index in [-0.39, 0.29) is 5.69 Å². The second kappa shape index (κ2) is 4.07. The summed E-state index contributed by atoms with van der Waals surface area (Å²) in [5, 5.41) is 17.0. The molecule has 3 nitrogen and oxygen atoms in total. The van der Waals surface area contributed by atoms with Crippen molar-refractivity contribution in [2.75, 3.05) is 0 Å². The Morgan fingerprint density at radius 2 is 2.21 bits per heavy atom. The number of halogens is 3. The molecule has 0 aliphatic rings. The van der Waals surface area contributed by atoms with Gasteiger partial charge in [-0.2, -0.15) is 5.26 Å². The number of hydrogen-bond donors (Lipinski definition) is 1. The Hall–Kier alpha value is -1.61. The number of alkyl halides is 2. The molecule has 74 valence electrons. The van der Waals surface area contributed by atoms with Crippen LogP contribution in [0.15, 0.2) is 6.07 Å². The molecule has 14 heavy (non-hydrogen) atoms. The van der Waals surface area contributed by atoms with Crippen LogP contribution >= 0.6 is 0 Å². The fourth-order valence-electron chi connectivity index (χ4n) is 0.935. The Morgan fingerprint density at radius 1 is 1.57 bits per heavy atom. The van der Waals surface area contributed by atoms with Gasteiger partial charge in [-0.15, -0.1) is 0 Å². The second-order valence-electron chi connectivity index (χ2n) is 2.43. The Balaban J connectivity index is 3.33. The molecule has 1 N–H and O–H groups in total. The maximum absolute atomic E-state index is 12.8. The molecule has 0 bridgehead atoms. The molecule has 0 spiro atoms. The maximum atomic E-state index is 12.8. The van der Waals surface area contributed by atoms with Crippen LogP contribution in [-0.4, -0.2) is 10.1 Å². The molecule has 1 rings (SSSR count). The number of aliphatic hydroxyl groups is 1. The third kappa shape index (κ3) is 1.83. The minimum absolute atomic E-state index is 0.377. The van der Waals surface area contributed by atoms with Gasteiger partial charge in [0.1, 0.15) is 6.07 Å². The van der Waals surface area contributed by atoms with Crippen molar-refractivity contribution < 1.29 is 18.3 Å². The van der Waals surface area contributed by atoms with Crippen molar-refractivity contribution in [2.45, 2.75) is 13.0 Å². The van der Waals surface area contributed by atoms with Crippen molar-refractivity contribution in [2.24, 2.45) is 0 Å². The average Bonchev–Trinajstić information content (AvgIpc) is 2.17. The van der Waals surface area contributed by atoms with Crippen molar-refractivity contribution >= 4 is 0 Å². The first-order chi connectivity index (χ1) is 6.60. The summed E-state index contributed by atoms with van der Waals surface area (Å²) in [5.74, 6) is -1.11. The quantitative estimate of drug-likeness (QED) is 0.790. The van der Waals surface area contributed by atoms with Gasteiger partial charge in [0.15, 0.2) is 11.5 Å². The lowest BCUT2D eigenvalue weighted by Gasteiger charge is -2.05. The van der Waals surface area contributed by atoms with Gasteiger partial charge in [-0.1, -0.05) is 0 Å². The van der Waals surface area contributed by atoms with Crippen LogP contribution in [0.3, 0.4) is 0 Å². The lowest BCUT2D eigenvalue weighted by Crippen LogP contribution is -2.03. The highest BCUT2D eigenvalue weighted by atomic mass is 19.3. The van der Waals surface area contributed by atoms with Gasteiger partial charge in [0, 0.05) is 5.56 Å². The van der Waals surface area contributed by atoms with Crippen LogP contribution in [0.5, 0.6) is 0 Å². The number of aromatic nitrogens is 1. The van der Waals surface area contributed by atoms with Crippen LogP contribution in [0, 0.1) is 17.1 Å². The monoisotopic (exact) mass is 202 g/mol. The lowest BCUT2D eigenvalue weighted by atomic mass is 10.2. The summed E-state index contributed by atoms with van der Waals surface area (Å²) in [6, 6.07) is 1.91. The first kappa shape index (κ1) is 10.5. The van der Waals surface area contributed by atoms with Crippen LogP contribution < -0.4 is 0 Å². The minimum atomic E-state index is -2.92. The lowest BCUT2D eigenvalue weighted by molar-refractivity contribution is 0.145. The van der Waals surface area contributed by atoms with E-state index in [0.29, 0.717) is 6.07 Å². The number of aliphatic hydroxyl groups excluding tert-OH is 1. The predicted molar refractivity (Wildman–Crippen MR) is 39.8 cm³/mol. The van der Waals surface area contributed by atoms with E-state index in [2.05, 4.69) is 4.98 Å². The molecule has 0 aromatic carbocycles. The number of rotatable bonds is 2. The van der Waals surface area contributed by atoms with Gasteiger partial charge >= 0.3 is 0 Å². The molecule has 1 heterocycles. The highest BCUT2D eigenvalue weighted by Crippen LogP contribution is 2.23. The zero-order valence-electron chi connectivity index (χ0n) is 6.84. The van der Waals surface area contributed by atoms with E-state index in [9.17, 15) is 13.2 Å². The van der Waals surface area contributed by atoms with Gasteiger partial charge in [-0.3, -0.25) is 0 Å². The number of hydrogen-bond acceptors (Lipinski definition) is 3. The van der Waals surface area contributed by atoms with Crippen molar-refractivity contribution in [3.8, 4) is 6.07 Å². The van der Waals surface area contributed by atoms with Crippen LogP contribution in [-0.2, 0) is 6.61 Å². The summed E-state index contributed by atoms with van der Waals surface area (Å²) in [4.78, 5) is 3.26. The van der Waals surface area contributed by atoms with Crippen LogP contribution in [0.2, 0.25) is 0 Å². The van der Waals surface area contributed by atoms with E-state index in [1.807, 2.05) is 0 Å². The topological polar surface area (TPSA) is 56.9 Å². The second-order valence-corrected chi connectivity index (χ2v) is 2.43. The third-order valence-electron chi connectivity index (χ3n) is 1.58. The van der Waals surface area contributed by atoms with Crippen molar-refractivity contribution in [1.82, 2.24) is 4.98 Å². The highest BCUT2D eigenvalue weighted by Gasteiger charge is 2.17. The third-order valence-corrected chi connectivity index (χ3v) is 1.58. The number of nitriles is 1. The maximum Gasteiger partial charge on any atom is 0.265 e. The molecule has 0 aliphatic heterocycles. The molecule has 0 amide bonds. The smallest absolute Gasteiger partial charge is 0.265 e. The van der Waals surface area contributed by atoms with E-state index in [4.69, 9.17) is 10.4 Å². The van der Waals surface area contributed by atoms with E-state index >= 15 is 0 Å². The number of nitrogens with zero attached hydrogens (tertiary/aromatic N) is 2. The summed E-state index contributed by atoms with van der Waals surface area (Å²) in [6.07, 6.45) is -2.92. The summed E-state index contributed by atoms with van der Waals surface area (Å²) in [6.45, 7) is -0.755. The molecule has 0 radical (unpaired) electrons. The van der Waals surface area contributed by atoms with Crippen LogP contribution in [0.1, 0.15) is 23.4 Å². The summed E-state index contributed by atoms with van der Waals surface area (Å²) >= 11 is 0. The highest BCUT2D eigenvalue weighted by molar-refractivity contribution is 5.31. The fraction of sp³-hybridized carbons (Fsp3) is 0.250. The van der Waals surface area contributed by atoms with Gasteiger partial charge in [-0.25, -0.2) is 18.2 Å². The molecule has 1 aromatic heterocycles. The first-order valence-electron chi connectivity index (χ1n) is 3.58.